The van der Waals surface area contributed by atoms with E-state index in [2.05, 4.69) is 0 Å². The van der Waals surface area contributed by atoms with Crippen LogP contribution in [0, 0.1) is 11.3 Å². The van der Waals surface area contributed by atoms with Crippen molar-refractivity contribution in [3.63, 3.8) is 0 Å². The Balaban J connectivity index is 2.09. The Morgan fingerprint density at radius 2 is 2.11 bits per heavy atom. The molecule has 0 saturated heterocycles. The maximum absolute atomic E-state index is 11.4. The molecule has 0 atom stereocenters. The molecule has 5 nitrogen and oxygen atoms in total. The van der Waals surface area contributed by atoms with Gasteiger partial charge in [0.15, 0.2) is 17.3 Å². The molecule has 94 valence electrons. The van der Waals surface area contributed by atoms with Crippen molar-refractivity contribution in [3.05, 3.63) is 18.2 Å². The maximum atomic E-state index is 11.4. The first-order chi connectivity index (χ1) is 8.70. The van der Waals surface area contributed by atoms with Crippen LogP contribution in [0.4, 0.5) is 5.69 Å². The van der Waals surface area contributed by atoms with Crippen LogP contribution in [-0.4, -0.2) is 32.6 Å². The van der Waals surface area contributed by atoms with Crippen molar-refractivity contribution < 1.29 is 14.3 Å². The van der Waals surface area contributed by atoms with Gasteiger partial charge < -0.3 is 14.4 Å². The van der Waals surface area contributed by atoms with Gasteiger partial charge in [0.05, 0.1) is 19.0 Å². The average molecular weight is 246 g/mol. The highest BCUT2D eigenvalue weighted by molar-refractivity contribution is 5.85. The number of rotatable bonds is 4. The molecule has 0 spiro atoms. The molecular weight excluding hydrogens is 232 g/mol. The molecule has 1 aliphatic rings. The molecule has 0 radical (unpaired) electrons. The van der Waals surface area contributed by atoms with Gasteiger partial charge in [-0.05, 0) is 12.1 Å². The van der Waals surface area contributed by atoms with Gasteiger partial charge in [-0.1, -0.05) is 0 Å². The number of carbonyl (C=O) groups is 1. The first kappa shape index (κ1) is 12.2. The van der Waals surface area contributed by atoms with Crippen LogP contribution in [0.3, 0.4) is 0 Å². The quantitative estimate of drug-likeness (QED) is 0.803. The number of nitrogens with zero attached hydrogens (tertiary/aromatic N) is 2. The number of fused-ring (bicyclic) bond motifs is 1. The lowest BCUT2D eigenvalue weighted by Gasteiger charge is -2.22. The van der Waals surface area contributed by atoms with Crippen LogP contribution in [0.2, 0.25) is 0 Å². The highest BCUT2D eigenvalue weighted by Gasteiger charge is 2.14. The van der Waals surface area contributed by atoms with Gasteiger partial charge in [0.1, 0.15) is 13.2 Å². The minimum Gasteiger partial charge on any atom is -0.486 e. The van der Waals surface area contributed by atoms with Crippen molar-refractivity contribution in [3.8, 4) is 17.6 Å². The summed E-state index contributed by atoms with van der Waals surface area (Å²) in [5.74, 6) is 1.31. The van der Waals surface area contributed by atoms with Crippen LogP contribution in [0.25, 0.3) is 0 Å². The second-order valence-corrected chi connectivity index (χ2v) is 4.06. The molecule has 0 unspecified atom stereocenters. The van der Waals surface area contributed by atoms with Gasteiger partial charge in [0, 0.05) is 18.8 Å². The number of carbonyl (C=O) groups excluding carboxylic acids is 1. The lowest BCUT2D eigenvalue weighted by molar-refractivity contribution is -0.116. The van der Waals surface area contributed by atoms with Gasteiger partial charge in [-0.2, -0.15) is 5.26 Å². The van der Waals surface area contributed by atoms with E-state index < -0.39 is 0 Å². The van der Waals surface area contributed by atoms with Gasteiger partial charge >= 0.3 is 0 Å². The molecule has 1 aromatic carbocycles. The van der Waals surface area contributed by atoms with Crippen molar-refractivity contribution in [1.82, 2.24) is 0 Å². The number of Topliss-reactive ketones (excluding diaryl/α,β-unsaturated/α-hetero) is 1. The maximum Gasteiger partial charge on any atom is 0.166 e. The summed E-state index contributed by atoms with van der Waals surface area (Å²) >= 11 is 0. The summed E-state index contributed by atoms with van der Waals surface area (Å²) in [6, 6.07) is 7.39. The second-order valence-electron chi connectivity index (χ2n) is 4.06. The Labute approximate surface area is 106 Å². The Morgan fingerprint density at radius 3 is 2.83 bits per heavy atom. The zero-order valence-electron chi connectivity index (χ0n) is 10.2. The third-order valence-electron chi connectivity index (χ3n) is 2.66. The standard InChI is InChI=1S/C13H14N2O3/c1-15(9-11(16)4-5-14)10-2-3-12-13(8-10)18-7-6-17-12/h2-3,8H,4,6-7,9H2,1H3. The van der Waals surface area contributed by atoms with Crippen molar-refractivity contribution in [2.75, 3.05) is 31.7 Å². The van der Waals surface area contributed by atoms with Gasteiger partial charge in [0.25, 0.3) is 0 Å². The van der Waals surface area contributed by atoms with E-state index in [9.17, 15) is 4.79 Å². The predicted octanol–water partition coefficient (Wildman–Crippen LogP) is 1.38. The first-order valence-corrected chi connectivity index (χ1v) is 5.70. The number of benzene rings is 1. The zero-order chi connectivity index (χ0) is 13.0. The van der Waals surface area contributed by atoms with Crippen molar-refractivity contribution in [1.29, 1.82) is 5.26 Å². The SMILES string of the molecule is CN(CC(=O)CC#N)c1ccc2c(c1)OCCO2. The fourth-order valence-corrected chi connectivity index (χ4v) is 1.77. The molecule has 0 saturated carbocycles. The van der Waals surface area contributed by atoms with Gasteiger partial charge in [-0.25, -0.2) is 0 Å². The molecule has 5 heteroatoms. The molecule has 1 heterocycles. The number of hydrogen-bond acceptors (Lipinski definition) is 5. The Morgan fingerprint density at radius 1 is 1.39 bits per heavy atom. The number of hydrogen-bond donors (Lipinski definition) is 0. The molecule has 0 aromatic heterocycles. The van der Waals surface area contributed by atoms with Crippen molar-refractivity contribution >= 4 is 11.5 Å². The zero-order valence-corrected chi connectivity index (χ0v) is 10.2. The van der Waals surface area contributed by atoms with Crippen molar-refractivity contribution in [2.24, 2.45) is 0 Å². The monoisotopic (exact) mass is 246 g/mol. The van der Waals surface area contributed by atoms with Gasteiger partial charge in [-0.15, -0.1) is 0 Å². The fraction of sp³-hybridized carbons (Fsp3) is 0.385. The van der Waals surface area contributed by atoms with E-state index in [1.54, 1.807) is 11.9 Å². The molecule has 0 aliphatic carbocycles. The topological polar surface area (TPSA) is 62.6 Å². The summed E-state index contributed by atoms with van der Waals surface area (Å²) in [6.07, 6.45) is -0.0606. The molecule has 1 aliphatic heterocycles. The highest BCUT2D eigenvalue weighted by atomic mass is 16.6. The van der Waals surface area contributed by atoms with Crippen molar-refractivity contribution in [2.45, 2.75) is 6.42 Å². The molecule has 0 amide bonds. The average Bonchev–Trinajstić information content (AvgIpc) is 2.38. The molecule has 18 heavy (non-hydrogen) atoms. The van der Waals surface area contributed by atoms with E-state index in [-0.39, 0.29) is 18.7 Å². The second kappa shape index (κ2) is 5.41. The van der Waals surface area contributed by atoms with E-state index in [1.165, 1.54) is 0 Å². The summed E-state index contributed by atoms with van der Waals surface area (Å²) in [5.41, 5.74) is 0.866. The Kier molecular flexibility index (Phi) is 3.68. The van der Waals surface area contributed by atoms with E-state index in [0.717, 1.165) is 11.4 Å². The van der Waals surface area contributed by atoms with E-state index in [4.69, 9.17) is 14.7 Å². The highest BCUT2D eigenvalue weighted by Crippen LogP contribution is 2.33. The number of ether oxygens (including phenoxy) is 2. The molecular formula is C13H14N2O3. The first-order valence-electron chi connectivity index (χ1n) is 5.70. The molecule has 0 bridgehead atoms. The van der Waals surface area contributed by atoms with Gasteiger partial charge in [-0.3, -0.25) is 4.79 Å². The number of anilines is 1. The summed E-state index contributed by atoms with van der Waals surface area (Å²) in [4.78, 5) is 13.2. The smallest absolute Gasteiger partial charge is 0.166 e. The number of ketones is 1. The van der Waals surface area contributed by atoms with Crippen LogP contribution in [0.15, 0.2) is 18.2 Å². The third kappa shape index (κ3) is 2.72. The third-order valence-corrected chi connectivity index (χ3v) is 2.66. The van der Waals surface area contributed by atoms with E-state index in [0.29, 0.717) is 19.0 Å². The van der Waals surface area contributed by atoms with Crippen LogP contribution in [-0.2, 0) is 4.79 Å². The number of likely N-dealkylation sites (N-methyl/N-ethyl adjacent to an activating group) is 1. The lowest BCUT2D eigenvalue weighted by atomic mass is 10.2. The molecule has 1 aromatic rings. The van der Waals surface area contributed by atoms with Crippen LogP contribution in [0.1, 0.15) is 6.42 Å². The summed E-state index contributed by atoms with van der Waals surface area (Å²) in [5, 5.41) is 8.45. The van der Waals surface area contributed by atoms with Crippen LogP contribution >= 0.6 is 0 Å². The van der Waals surface area contributed by atoms with Gasteiger partial charge in [0.2, 0.25) is 0 Å². The molecule has 2 rings (SSSR count). The molecule has 0 fully saturated rings. The van der Waals surface area contributed by atoms with E-state index in [1.807, 2.05) is 24.3 Å². The van der Waals surface area contributed by atoms with E-state index >= 15 is 0 Å². The van der Waals surface area contributed by atoms with Crippen LogP contribution in [0.5, 0.6) is 11.5 Å². The Hall–Kier alpha value is -2.22. The largest absolute Gasteiger partial charge is 0.486 e. The predicted molar refractivity (Wildman–Crippen MR) is 65.9 cm³/mol. The summed E-state index contributed by atoms with van der Waals surface area (Å²) < 4.78 is 10.9. The Bertz CT molecular complexity index is 493. The number of nitriles is 1. The minimum atomic E-state index is -0.102. The normalized spacial score (nSPS) is 12.7. The minimum absolute atomic E-state index is 0.0606. The lowest BCUT2D eigenvalue weighted by Crippen LogP contribution is -2.25. The van der Waals surface area contributed by atoms with Crippen LogP contribution < -0.4 is 14.4 Å². The summed E-state index contributed by atoms with van der Waals surface area (Å²) in [7, 11) is 1.81. The summed E-state index contributed by atoms with van der Waals surface area (Å²) in [6.45, 7) is 1.31. The fourth-order valence-electron chi connectivity index (χ4n) is 1.77. The molecule has 0 N–H and O–H groups in total.